The van der Waals surface area contributed by atoms with Crippen LogP contribution in [0.15, 0.2) is 47.0 Å². The van der Waals surface area contributed by atoms with Crippen molar-refractivity contribution in [1.29, 1.82) is 0 Å². The van der Waals surface area contributed by atoms with Crippen LogP contribution >= 0.6 is 0 Å². The molecule has 12 nitrogen and oxygen atoms in total. The first-order valence-corrected chi connectivity index (χ1v) is 12.2. The highest BCUT2D eigenvalue weighted by Crippen LogP contribution is 2.32. The Bertz CT molecular complexity index is 1510. The Balaban J connectivity index is 1.30. The molecule has 0 saturated carbocycles. The lowest BCUT2D eigenvalue weighted by Gasteiger charge is -2.23. The molecule has 0 bridgehead atoms. The van der Waals surface area contributed by atoms with Gasteiger partial charge < -0.3 is 33.4 Å². The molecular formula is C27H26N4O8. The van der Waals surface area contributed by atoms with Crippen molar-refractivity contribution >= 4 is 23.3 Å². The van der Waals surface area contributed by atoms with Crippen LogP contribution in [0.2, 0.25) is 0 Å². The van der Waals surface area contributed by atoms with Crippen molar-refractivity contribution in [2.24, 2.45) is 0 Å². The van der Waals surface area contributed by atoms with E-state index >= 15 is 0 Å². The number of ether oxygens (including phenoxy) is 4. The van der Waals surface area contributed by atoms with Gasteiger partial charge in [-0.05, 0) is 55.7 Å². The molecule has 1 aliphatic heterocycles. The Hall–Kier alpha value is -4.87. The summed E-state index contributed by atoms with van der Waals surface area (Å²) < 4.78 is 27.5. The van der Waals surface area contributed by atoms with Crippen LogP contribution in [0.3, 0.4) is 0 Å². The van der Waals surface area contributed by atoms with E-state index in [0.29, 0.717) is 53.6 Å². The zero-order chi connectivity index (χ0) is 27.5. The van der Waals surface area contributed by atoms with E-state index in [4.69, 9.17) is 28.5 Å². The SMILES string of the molecule is COc1cccc(Oc2ncc3nc(-c4cc(C)c(OCC(=O)N5CCC[C@@H]5OC(=O)O)c(C)c4)oc3n2)c1. The summed E-state index contributed by atoms with van der Waals surface area (Å²) >= 11 is 0. The van der Waals surface area contributed by atoms with E-state index in [-0.39, 0.29) is 24.2 Å². The third-order valence-electron chi connectivity index (χ3n) is 6.18. The van der Waals surface area contributed by atoms with Crippen molar-refractivity contribution in [1.82, 2.24) is 19.9 Å². The number of aromatic nitrogens is 3. The number of carbonyl (C=O) groups excluding carboxylic acids is 1. The van der Waals surface area contributed by atoms with Gasteiger partial charge in [-0.2, -0.15) is 4.98 Å². The van der Waals surface area contributed by atoms with E-state index in [1.165, 1.54) is 11.1 Å². The van der Waals surface area contributed by atoms with Crippen molar-refractivity contribution in [3.05, 3.63) is 53.7 Å². The maximum absolute atomic E-state index is 12.7. The standard InChI is InChI=1S/C27H26N4O8/c1-15-10-17(11-16(2)23(15)36-14-21(32)31-9-5-8-22(31)38-27(33)34)24-29-20-13-28-26(30-25(20)39-24)37-19-7-4-6-18(12-19)35-3/h4,6-7,10-13,22H,5,8-9,14H2,1-3H3,(H,33,34)/t22-/m0/s1. The average molecular weight is 535 g/mol. The van der Waals surface area contributed by atoms with E-state index in [0.717, 1.165) is 11.1 Å². The molecule has 202 valence electrons. The van der Waals surface area contributed by atoms with Crippen LogP contribution in [0.5, 0.6) is 23.3 Å². The number of rotatable bonds is 8. The third kappa shape index (κ3) is 5.69. The van der Waals surface area contributed by atoms with E-state index in [9.17, 15) is 9.59 Å². The predicted molar refractivity (Wildman–Crippen MR) is 137 cm³/mol. The van der Waals surface area contributed by atoms with Crippen LogP contribution in [0.1, 0.15) is 24.0 Å². The average Bonchev–Trinajstić information content (AvgIpc) is 3.54. The number of methoxy groups -OCH3 is 1. The lowest BCUT2D eigenvalue weighted by molar-refractivity contribution is -0.141. The van der Waals surface area contributed by atoms with Gasteiger partial charge in [0.25, 0.3) is 11.6 Å². The summed E-state index contributed by atoms with van der Waals surface area (Å²) in [6, 6.07) is 10.9. The Morgan fingerprint density at radius 1 is 1.13 bits per heavy atom. The van der Waals surface area contributed by atoms with Gasteiger partial charge in [-0.25, -0.2) is 14.8 Å². The molecule has 2 aromatic heterocycles. The molecule has 1 saturated heterocycles. The molecule has 0 aliphatic carbocycles. The van der Waals surface area contributed by atoms with Crippen LogP contribution in [0.25, 0.3) is 22.7 Å². The second kappa shape index (κ2) is 10.9. The molecule has 2 aromatic carbocycles. The molecule has 12 heteroatoms. The fourth-order valence-electron chi connectivity index (χ4n) is 4.44. The molecule has 5 rings (SSSR count). The van der Waals surface area contributed by atoms with Crippen molar-refractivity contribution in [2.75, 3.05) is 20.3 Å². The summed E-state index contributed by atoms with van der Waals surface area (Å²) in [4.78, 5) is 38.0. The number of likely N-dealkylation sites (tertiary alicyclic amines) is 1. The number of carboxylic acid groups (broad SMARTS) is 1. The van der Waals surface area contributed by atoms with Gasteiger partial charge in [-0.15, -0.1) is 0 Å². The summed E-state index contributed by atoms with van der Waals surface area (Å²) in [7, 11) is 1.57. The molecular weight excluding hydrogens is 508 g/mol. The second-order valence-corrected chi connectivity index (χ2v) is 8.94. The van der Waals surface area contributed by atoms with E-state index in [1.807, 2.05) is 26.0 Å². The number of fused-ring (bicyclic) bond motifs is 1. The number of oxazole rings is 1. The monoisotopic (exact) mass is 534 g/mol. The third-order valence-corrected chi connectivity index (χ3v) is 6.18. The fourth-order valence-corrected chi connectivity index (χ4v) is 4.44. The van der Waals surface area contributed by atoms with E-state index in [2.05, 4.69) is 15.0 Å². The second-order valence-electron chi connectivity index (χ2n) is 8.94. The number of amides is 1. The quantitative estimate of drug-likeness (QED) is 0.313. The minimum absolute atomic E-state index is 0.105. The van der Waals surface area contributed by atoms with Crippen LogP contribution in [0.4, 0.5) is 4.79 Å². The molecule has 3 heterocycles. The molecule has 4 aromatic rings. The number of carbonyl (C=O) groups is 2. The molecule has 39 heavy (non-hydrogen) atoms. The number of hydrogen-bond donors (Lipinski definition) is 1. The summed E-state index contributed by atoms with van der Waals surface area (Å²) in [5.41, 5.74) is 2.98. The van der Waals surface area contributed by atoms with E-state index in [1.54, 1.807) is 31.4 Å². The predicted octanol–water partition coefficient (Wildman–Crippen LogP) is 4.72. The molecule has 0 radical (unpaired) electrons. The summed E-state index contributed by atoms with van der Waals surface area (Å²) in [6.45, 7) is 3.88. The van der Waals surface area contributed by atoms with Crippen molar-refractivity contribution < 1.29 is 38.1 Å². The zero-order valence-electron chi connectivity index (χ0n) is 21.5. The highest BCUT2D eigenvalue weighted by molar-refractivity contribution is 5.79. The van der Waals surface area contributed by atoms with Gasteiger partial charge in [0.05, 0.1) is 13.3 Å². The Labute approximate surface area is 223 Å². The molecule has 1 fully saturated rings. The Morgan fingerprint density at radius 2 is 1.90 bits per heavy atom. The highest BCUT2D eigenvalue weighted by atomic mass is 16.7. The van der Waals surface area contributed by atoms with Crippen molar-refractivity contribution in [3.8, 4) is 34.7 Å². The van der Waals surface area contributed by atoms with Gasteiger partial charge >= 0.3 is 12.2 Å². The van der Waals surface area contributed by atoms with Gasteiger partial charge in [-0.3, -0.25) is 4.79 Å². The van der Waals surface area contributed by atoms with Gasteiger partial charge in [0.15, 0.2) is 12.8 Å². The fraction of sp³-hybridized carbons (Fsp3) is 0.296. The van der Waals surface area contributed by atoms with E-state index < -0.39 is 12.4 Å². The van der Waals surface area contributed by atoms with Gasteiger partial charge in [0, 0.05) is 24.6 Å². The highest BCUT2D eigenvalue weighted by Gasteiger charge is 2.32. The topological polar surface area (TPSA) is 146 Å². The maximum Gasteiger partial charge on any atom is 0.507 e. The lowest BCUT2D eigenvalue weighted by Crippen LogP contribution is -2.40. The van der Waals surface area contributed by atoms with Crippen LogP contribution in [0, 0.1) is 13.8 Å². The summed E-state index contributed by atoms with van der Waals surface area (Å²) in [6.07, 6.45) is 0.460. The molecule has 1 amide bonds. The zero-order valence-corrected chi connectivity index (χ0v) is 21.5. The van der Waals surface area contributed by atoms with Crippen LogP contribution < -0.4 is 14.2 Å². The molecule has 1 N–H and O–H groups in total. The molecule has 1 aliphatic rings. The number of aryl methyl sites for hydroxylation is 2. The smallest absolute Gasteiger partial charge is 0.497 e. The Kier molecular flexibility index (Phi) is 7.17. The maximum atomic E-state index is 12.7. The largest absolute Gasteiger partial charge is 0.507 e. The van der Waals surface area contributed by atoms with Crippen molar-refractivity contribution in [3.63, 3.8) is 0 Å². The first kappa shape index (κ1) is 25.8. The van der Waals surface area contributed by atoms with Crippen molar-refractivity contribution in [2.45, 2.75) is 32.9 Å². The first-order valence-electron chi connectivity index (χ1n) is 12.2. The normalized spacial score (nSPS) is 14.8. The summed E-state index contributed by atoms with van der Waals surface area (Å²) in [5.74, 6) is 1.71. The van der Waals surface area contributed by atoms with Gasteiger partial charge in [0.1, 0.15) is 22.8 Å². The summed E-state index contributed by atoms with van der Waals surface area (Å²) in [5, 5.41) is 8.89. The van der Waals surface area contributed by atoms with Gasteiger partial charge in [-0.1, -0.05) is 6.07 Å². The van der Waals surface area contributed by atoms with Gasteiger partial charge in [0.2, 0.25) is 5.89 Å². The number of hydrogen-bond acceptors (Lipinski definition) is 10. The lowest BCUT2D eigenvalue weighted by atomic mass is 10.1. The van der Waals surface area contributed by atoms with Crippen LogP contribution in [-0.4, -0.2) is 63.5 Å². The minimum atomic E-state index is -1.41. The molecule has 1 atom stereocenters. The van der Waals surface area contributed by atoms with Crippen LogP contribution in [-0.2, 0) is 9.53 Å². The molecule has 0 spiro atoms. The molecule has 0 unspecified atom stereocenters. The number of benzene rings is 2. The minimum Gasteiger partial charge on any atom is -0.497 e. The number of nitrogens with zero attached hydrogens (tertiary/aromatic N) is 4. The first-order chi connectivity index (χ1) is 18.8. The Morgan fingerprint density at radius 3 is 2.64 bits per heavy atom.